The zero-order valence-electron chi connectivity index (χ0n) is 21.0. The monoisotopic (exact) mass is 491 g/mol. The summed E-state index contributed by atoms with van der Waals surface area (Å²) in [5.41, 5.74) is 5.54. The van der Waals surface area contributed by atoms with Crippen LogP contribution in [0.15, 0.2) is 109 Å². The fourth-order valence-corrected chi connectivity index (χ4v) is 5.07. The SMILES string of the molecule is OCCCCCCOCc1ccc2nnn(C(c3ccccc3)(c3ccccc3)c3ccccc3)c2c1. The molecule has 5 aromatic rings. The van der Waals surface area contributed by atoms with Crippen LogP contribution in [0.4, 0.5) is 0 Å². The number of aliphatic hydroxyl groups is 1. The molecule has 0 atom stereocenters. The Kier molecular flexibility index (Phi) is 8.04. The van der Waals surface area contributed by atoms with Gasteiger partial charge in [0.15, 0.2) is 0 Å². The van der Waals surface area contributed by atoms with Crippen molar-refractivity contribution in [1.82, 2.24) is 15.0 Å². The average Bonchev–Trinajstić information content (AvgIpc) is 3.38. The van der Waals surface area contributed by atoms with Crippen LogP contribution >= 0.6 is 0 Å². The Hall–Kier alpha value is -3.80. The Morgan fingerprint density at radius 3 is 1.81 bits per heavy atom. The molecule has 37 heavy (non-hydrogen) atoms. The van der Waals surface area contributed by atoms with Crippen LogP contribution in [0.25, 0.3) is 11.0 Å². The molecule has 0 unspecified atom stereocenters. The Labute approximate surface area is 218 Å². The number of hydrogen-bond donors (Lipinski definition) is 1. The number of aliphatic hydroxyl groups excluding tert-OH is 1. The van der Waals surface area contributed by atoms with E-state index in [0.717, 1.165) is 59.0 Å². The fourth-order valence-electron chi connectivity index (χ4n) is 5.07. The van der Waals surface area contributed by atoms with Crippen LogP contribution in [0.1, 0.15) is 47.9 Å². The zero-order chi connectivity index (χ0) is 25.3. The van der Waals surface area contributed by atoms with E-state index in [2.05, 4.69) is 94.7 Å². The molecule has 1 aromatic heterocycles. The number of fused-ring (bicyclic) bond motifs is 1. The highest BCUT2D eigenvalue weighted by atomic mass is 16.5. The largest absolute Gasteiger partial charge is 0.396 e. The topological polar surface area (TPSA) is 60.2 Å². The molecule has 0 saturated carbocycles. The van der Waals surface area contributed by atoms with Crippen LogP contribution in [0, 0.1) is 0 Å². The Morgan fingerprint density at radius 1 is 0.676 bits per heavy atom. The van der Waals surface area contributed by atoms with E-state index in [1.165, 1.54) is 0 Å². The van der Waals surface area contributed by atoms with Crippen LogP contribution in [0.5, 0.6) is 0 Å². The van der Waals surface area contributed by atoms with Gasteiger partial charge in [-0.3, -0.25) is 0 Å². The molecule has 1 heterocycles. The maximum absolute atomic E-state index is 8.94. The summed E-state index contributed by atoms with van der Waals surface area (Å²) < 4.78 is 8.06. The van der Waals surface area contributed by atoms with Crippen LogP contribution in [-0.4, -0.2) is 33.3 Å². The average molecular weight is 492 g/mol. The van der Waals surface area contributed by atoms with Gasteiger partial charge in [-0.15, -0.1) is 5.10 Å². The number of unbranched alkanes of at least 4 members (excludes halogenated alkanes) is 3. The molecule has 188 valence electrons. The minimum Gasteiger partial charge on any atom is -0.396 e. The smallest absolute Gasteiger partial charge is 0.140 e. The number of hydrogen-bond acceptors (Lipinski definition) is 4. The molecule has 0 saturated heterocycles. The van der Waals surface area contributed by atoms with Crippen molar-refractivity contribution in [3.63, 3.8) is 0 Å². The van der Waals surface area contributed by atoms with Crippen molar-refractivity contribution in [2.75, 3.05) is 13.2 Å². The molecule has 0 aliphatic rings. The van der Waals surface area contributed by atoms with E-state index in [0.29, 0.717) is 13.2 Å². The highest BCUT2D eigenvalue weighted by Gasteiger charge is 2.40. The van der Waals surface area contributed by atoms with Gasteiger partial charge in [-0.05, 0) is 47.2 Å². The first-order chi connectivity index (χ1) is 18.3. The third-order valence-corrected chi connectivity index (χ3v) is 6.87. The first-order valence-electron chi connectivity index (χ1n) is 13.0. The molecule has 4 aromatic carbocycles. The molecule has 5 nitrogen and oxygen atoms in total. The minimum atomic E-state index is -0.704. The van der Waals surface area contributed by atoms with Gasteiger partial charge in [0.25, 0.3) is 0 Å². The summed E-state index contributed by atoms with van der Waals surface area (Å²) in [6.45, 7) is 1.51. The first-order valence-corrected chi connectivity index (χ1v) is 13.0. The maximum atomic E-state index is 8.94. The van der Waals surface area contributed by atoms with Crippen molar-refractivity contribution >= 4 is 11.0 Å². The van der Waals surface area contributed by atoms with E-state index in [1.807, 2.05) is 24.3 Å². The quantitative estimate of drug-likeness (QED) is 0.163. The summed E-state index contributed by atoms with van der Waals surface area (Å²) in [6.07, 6.45) is 3.97. The molecular formula is C32H33N3O2. The van der Waals surface area contributed by atoms with Gasteiger partial charge in [0.05, 0.1) is 12.1 Å². The van der Waals surface area contributed by atoms with Gasteiger partial charge < -0.3 is 9.84 Å². The maximum Gasteiger partial charge on any atom is 0.140 e. The van der Waals surface area contributed by atoms with Gasteiger partial charge in [0.2, 0.25) is 0 Å². The molecule has 0 bridgehead atoms. The molecule has 0 aliphatic heterocycles. The van der Waals surface area contributed by atoms with E-state index in [1.54, 1.807) is 0 Å². The van der Waals surface area contributed by atoms with Crippen LogP contribution in [0.3, 0.4) is 0 Å². The van der Waals surface area contributed by atoms with Crippen molar-refractivity contribution < 1.29 is 9.84 Å². The van der Waals surface area contributed by atoms with Gasteiger partial charge in [-0.1, -0.05) is 115 Å². The number of nitrogens with zero attached hydrogens (tertiary/aromatic N) is 3. The predicted molar refractivity (Wildman–Crippen MR) is 147 cm³/mol. The molecule has 5 heteroatoms. The zero-order valence-corrected chi connectivity index (χ0v) is 21.0. The second-order valence-electron chi connectivity index (χ2n) is 9.32. The third kappa shape index (κ3) is 5.19. The Balaban J connectivity index is 1.58. The number of ether oxygens (including phenoxy) is 1. The summed E-state index contributed by atoms with van der Waals surface area (Å²) in [6, 6.07) is 37.8. The molecule has 0 radical (unpaired) electrons. The summed E-state index contributed by atoms with van der Waals surface area (Å²) in [7, 11) is 0. The van der Waals surface area contributed by atoms with Gasteiger partial charge in [-0.2, -0.15) is 0 Å². The van der Waals surface area contributed by atoms with Gasteiger partial charge in [-0.25, -0.2) is 4.68 Å². The summed E-state index contributed by atoms with van der Waals surface area (Å²) in [4.78, 5) is 0. The fraction of sp³-hybridized carbons (Fsp3) is 0.250. The third-order valence-electron chi connectivity index (χ3n) is 6.87. The first kappa shape index (κ1) is 24.9. The second-order valence-corrected chi connectivity index (χ2v) is 9.32. The van der Waals surface area contributed by atoms with Gasteiger partial charge >= 0.3 is 0 Å². The second kappa shape index (κ2) is 12.0. The predicted octanol–water partition coefficient (Wildman–Crippen LogP) is 6.34. The molecule has 0 spiro atoms. The minimum absolute atomic E-state index is 0.263. The molecule has 0 amide bonds. The molecule has 0 fully saturated rings. The number of benzene rings is 4. The highest BCUT2D eigenvalue weighted by molar-refractivity contribution is 5.76. The van der Waals surface area contributed by atoms with Crippen molar-refractivity contribution in [2.24, 2.45) is 0 Å². The molecular weight excluding hydrogens is 458 g/mol. The van der Waals surface area contributed by atoms with Gasteiger partial charge in [0.1, 0.15) is 11.1 Å². The van der Waals surface area contributed by atoms with Crippen LogP contribution in [0.2, 0.25) is 0 Å². The molecule has 5 rings (SSSR count). The van der Waals surface area contributed by atoms with Crippen LogP contribution < -0.4 is 0 Å². The van der Waals surface area contributed by atoms with E-state index in [4.69, 9.17) is 15.1 Å². The molecule has 1 N–H and O–H groups in total. The lowest BCUT2D eigenvalue weighted by Gasteiger charge is -2.36. The normalized spacial score (nSPS) is 11.7. The van der Waals surface area contributed by atoms with Crippen molar-refractivity contribution in [2.45, 2.75) is 37.8 Å². The lowest BCUT2D eigenvalue weighted by atomic mass is 9.77. The summed E-state index contributed by atoms with van der Waals surface area (Å²) >= 11 is 0. The Morgan fingerprint density at radius 2 is 1.24 bits per heavy atom. The number of rotatable bonds is 12. The summed E-state index contributed by atoms with van der Waals surface area (Å²) in [5.74, 6) is 0. The standard InChI is InChI=1S/C32H33N3O2/c36-22-12-1-2-13-23-37-25-26-20-21-30-31(24-26)35(34-33-30)32(27-14-6-3-7-15-27,28-16-8-4-9-17-28)29-18-10-5-11-19-29/h3-11,14-21,24,36H,1-2,12-13,22-23,25H2. The van der Waals surface area contributed by atoms with Crippen molar-refractivity contribution in [3.05, 3.63) is 131 Å². The highest BCUT2D eigenvalue weighted by Crippen LogP contribution is 2.41. The molecule has 0 aliphatic carbocycles. The van der Waals surface area contributed by atoms with E-state index < -0.39 is 5.54 Å². The van der Waals surface area contributed by atoms with E-state index >= 15 is 0 Å². The van der Waals surface area contributed by atoms with Crippen molar-refractivity contribution in [3.8, 4) is 0 Å². The van der Waals surface area contributed by atoms with Gasteiger partial charge in [0, 0.05) is 13.2 Å². The van der Waals surface area contributed by atoms with E-state index in [-0.39, 0.29) is 6.61 Å². The number of aromatic nitrogens is 3. The van der Waals surface area contributed by atoms with Crippen LogP contribution in [-0.2, 0) is 16.9 Å². The summed E-state index contributed by atoms with van der Waals surface area (Å²) in [5, 5.41) is 18.3. The van der Waals surface area contributed by atoms with Crippen molar-refractivity contribution in [1.29, 1.82) is 0 Å². The lowest BCUT2D eigenvalue weighted by molar-refractivity contribution is 0.116. The lowest BCUT2D eigenvalue weighted by Crippen LogP contribution is -2.38. The van der Waals surface area contributed by atoms with E-state index in [9.17, 15) is 0 Å². The Bertz CT molecular complexity index is 1290.